The van der Waals surface area contributed by atoms with Crippen LogP contribution in [0.15, 0.2) is 78.5 Å². The summed E-state index contributed by atoms with van der Waals surface area (Å²) in [6.07, 6.45) is 4.09. The molecule has 7 heteroatoms. The molecule has 1 heterocycles. The zero-order valence-corrected chi connectivity index (χ0v) is 19.7. The van der Waals surface area contributed by atoms with E-state index in [2.05, 4.69) is 16.4 Å². The molecule has 0 bridgehead atoms. The van der Waals surface area contributed by atoms with Crippen LogP contribution in [0.1, 0.15) is 22.3 Å². The first kappa shape index (κ1) is 24.1. The summed E-state index contributed by atoms with van der Waals surface area (Å²) < 4.78 is 11.3. The molecule has 0 atom stereocenters. The SMILES string of the molecule is COc1cc(/C=C(\C#N)C(=O)NCCc2c[nH]c3ccccc23)ccc1OCc1ccccc1C#N. The number of H-pyrrole nitrogens is 1. The molecule has 3 aromatic carbocycles. The van der Waals surface area contributed by atoms with Crippen molar-refractivity contribution in [1.29, 1.82) is 10.5 Å². The number of hydrogen-bond acceptors (Lipinski definition) is 5. The smallest absolute Gasteiger partial charge is 0.261 e. The number of ether oxygens (including phenoxy) is 2. The minimum Gasteiger partial charge on any atom is -0.493 e. The second-order valence-electron chi connectivity index (χ2n) is 8.00. The normalized spacial score (nSPS) is 10.9. The van der Waals surface area contributed by atoms with Gasteiger partial charge in [-0.05, 0) is 47.9 Å². The van der Waals surface area contributed by atoms with Crippen molar-refractivity contribution in [3.63, 3.8) is 0 Å². The van der Waals surface area contributed by atoms with Crippen LogP contribution in [0, 0.1) is 22.7 Å². The van der Waals surface area contributed by atoms with Crippen LogP contribution in [0.3, 0.4) is 0 Å². The lowest BCUT2D eigenvalue weighted by Crippen LogP contribution is -2.26. The number of nitriles is 2. The van der Waals surface area contributed by atoms with E-state index in [1.54, 1.807) is 30.3 Å². The maximum Gasteiger partial charge on any atom is 0.261 e. The highest BCUT2D eigenvalue weighted by Gasteiger charge is 2.12. The number of aromatic nitrogens is 1. The topological polar surface area (TPSA) is 111 Å². The molecule has 0 spiro atoms. The van der Waals surface area contributed by atoms with E-state index in [1.807, 2.05) is 48.7 Å². The van der Waals surface area contributed by atoms with Crippen molar-refractivity contribution in [1.82, 2.24) is 10.3 Å². The van der Waals surface area contributed by atoms with Gasteiger partial charge in [0.2, 0.25) is 0 Å². The summed E-state index contributed by atoms with van der Waals surface area (Å²) >= 11 is 0. The summed E-state index contributed by atoms with van der Waals surface area (Å²) in [6, 6.07) is 24.5. The van der Waals surface area contributed by atoms with Crippen LogP contribution in [0.2, 0.25) is 0 Å². The number of carbonyl (C=O) groups is 1. The summed E-state index contributed by atoms with van der Waals surface area (Å²) in [5.74, 6) is 0.504. The van der Waals surface area contributed by atoms with Crippen LogP contribution < -0.4 is 14.8 Å². The predicted molar refractivity (Wildman–Crippen MR) is 137 cm³/mol. The molecule has 4 rings (SSSR count). The third kappa shape index (κ3) is 5.55. The van der Waals surface area contributed by atoms with Gasteiger partial charge in [0.15, 0.2) is 11.5 Å². The van der Waals surface area contributed by atoms with E-state index in [9.17, 15) is 15.3 Å². The Morgan fingerprint density at radius 2 is 1.83 bits per heavy atom. The fourth-order valence-electron chi connectivity index (χ4n) is 3.86. The van der Waals surface area contributed by atoms with Gasteiger partial charge in [-0.3, -0.25) is 4.79 Å². The average molecular weight is 477 g/mol. The number of para-hydroxylation sites is 1. The van der Waals surface area contributed by atoms with Gasteiger partial charge in [-0.25, -0.2) is 0 Å². The van der Waals surface area contributed by atoms with Crippen LogP contribution >= 0.6 is 0 Å². The standard InChI is InChI=1S/C29H24N4O3/c1-35-28-15-20(10-11-27(28)36-19-23-7-3-2-6-21(23)16-30)14-24(17-31)29(34)32-13-12-22-18-33-26-9-5-4-8-25(22)26/h2-11,14-15,18,33H,12-13,19H2,1H3,(H,32,34)/b24-14+. The summed E-state index contributed by atoms with van der Waals surface area (Å²) in [5, 5.41) is 22.7. The maximum atomic E-state index is 12.6. The van der Waals surface area contributed by atoms with Gasteiger partial charge < -0.3 is 19.8 Å². The molecule has 4 aromatic rings. The van der Waals surface area contributed by atoms with E-state index in [-0.39, 0.29) is 12.2 Å². The number of aromatic amines is 1. The van der Waals surface area contributed by atoms with E-state index in [0.29, 0.717) is 35.6 Å². The molecular weight excluding hydrogens is 452 g/mol. The van der Waals surface area contributed by atoms with Gasteiger partial charge in [0.05, 0.1) is 18.7 Å². The first-order valence-electron chi connectivity index (χ1n) is 11.4. The summed E-state index contributed by atoms with van der Waals surface area (Å²) in [7, 11) is 1.52. The fraction of sp³-hybridized carbons (Fsp3) is 0.138. The molecule has 0 aliphatic carbocycles. The number of methoxy groups -OCH3 is 1. The van der Waals surface area contributed by atoms with E-state index in [0.717, 1.165) is 22.0 Å². The molecule has 0 fully saturated rings. The predicted octanol–water partition coefficient (Wildman–Crippen LogP) is 4.89. The Balaban J connectivity index is 1.41. The van der Waals surface area contributed by atoms with Crippen LogP contribution in [0.25, 0.3) is 17.0 Å². The number of fused-ring (bicyclic) bond motifs is 1. The first-order chi connectivity index (χ1) is 17.6. The van der Waals surface area contributed by atoms with Crippen LogP contribution in [-0.4, -0.2) is 24.5 Å². The minimum absolute atomic E-state index is 0.00686. The Bertz CT molecular complexity index is 1500. The third-order valence-corrected chi connectivity index (χ3v) is 5.74. The molecule has 178 valence electrons. The monoisotopic (exact) mass is 476 g/mol. The zero-order chi connectivity index (χ0) is 25.3. The van der Waals surface area contributed by atoms with Crippen molar-refractivity contribution in [2.75, 3.05) is 13.7 Å². The van der Waals surface area contributed by atoms with Crippen molar-refractivity contribution in [3.05, 3.63) is 101 Å². The Hall–Kier alpha value is -5.01. The molecule has 1 amide bonds. The van der Waals surface area contributed by atoms with Crippen molar-refractivity contribution < 1.29 is 14.3 Å². The highest BCUT2D eigenvalue weighted by molar-refractivity contribution is 6.01. The molecule has 0 aliphatic rings. The molecule has 2 N–H and O–H groups in total. The lowest BCUT2D eigenvalue weighted by molar-refractivity contribution is -0.117. The molecule has 7 nitrogen and oxygen atoms in total. The fourth-order valence-corrected chi connectivity index (χ4v) is 3.86. The number of amides is 1. The van der Waals surface area contributed by atoms with Crippen LogP contribution in [0.4, 0.5) is 0 Å². The number of nitrogens with zero attached hydrogens (tertiary/aromatic N) is 2. The van der Waals surface area contributed by atoms with E-state index < -0.39 is 5.91 Å². The molecule has 0 radical (unpaired) electrons. The molecular formula is C29H24N4O3. The van der Waals surface area contributed by atoms with Gasteiger partial charge in [-0.1, -0.05) is 42.5 Å². The molecule has 0 aliphatic heterocycles. The second-order valence-corrected chi connectivity index (χ2v) is 8.00. The van der Waals surface area contributed by atoms with Gasteiger partial charge in [-0.2, -0.15) is 10.5 Å². The van der Waals surface area contributed by atoms with Gasteiger partial charge in [0, 0.05) is 29.2 Å². The summed E-state index contributed by atoms with van der Waals surface area (Å²) in [5.41, 5.74) is 4.08. The summed E-state index contributed by atoms with van der Waals surface area (Å²) in [6.45, 7) is 0.609. The average Bonchev–Trinajstić information content (AvgIpc) is 3.33. The van der Waals surface area contributed by atoms with Gasteiger partial charge in [0.1, 0.15) is 18.2 Å². The number of carbonyl (C=O) groups excluding carboxylic acids is 1. The molecule has 0 saturated heterocycles. The second kappa shape index (κ2) is 11.4. The van der Waals surface area contributed by atoms with Crippen molar-refractivity contribution in [2.24, 2.45) is 0 Å². The summed E-state index contributed by atoms with van der Waals surface area (Å²) in [4.78, 5) is 15.8. The van der Waals surface area contributed by atoms with Crippen LogP contribution in [-0.2, 0) is 17.8 Å². The number of rotatable bonds is 9. The van der Waals surface area contributed by atoms with Crippen molar-refractivity contribution in [2.45, 2.75) is 13.0 Å². The largest absolute Gasteiger partial charge is 0.493 e. The quantitative estimate of drug-likeness (QED) is 0.264. The van der Waals surface area contributed by atoms with E-state index in [1.165, 1.54) is 13.2 Å². The Morgan fingerprint density at radius 3 is 2.64 bits per heavy atom. The van der Waals surface area contributed by atoms with Gasteiger partial charge in [0.25, 0.3) is 5.91 Å². The molecule has 0 saturated carbocycles. The molecule has 0 unspecified atom stereocenters. The zero-order valence-electron chi connectivity index (χ0n) is 19.7. The maximum absolute atomic E-state index is 12.6. The first-order valence-corrected chi connectivity index (χ1v) is 11.4. The Labute approximate surface area is 209 Å². The van der Waals surface area contributed by atoms with Crippen LogP contribution in [0.5, 0.6) is 11.5 Å². The van der Waals surface area contributed by atoms with E-state index in [4.69, 9.17) is 9.47 Å². The third-order valence-electron chi connectivity index (χ3n) is 5.74. The van der Waals surface area contributed by atoms with Crippen molar-refractivity contribution in [3.8, 4) is 23.6 Å². The molecule has 1 aromatic heterocycles. The number of hydrogen-bond donors (Lipinski definition) is 2. The number of nitrogens with one attached hydrogen (secondary N) is 2. The lowest BCUT2D eigenvalue weighted by Gasteiger charge is -2.12. The molecule has 36 heavy (non-hydrogen) atoms. The highest BCUT2D eigenvalue weighted by atomic mass is 16.5. The van der Waals surface area contributed by atoms with E-state index >= 15 is 0 Å². The Kier molecular flexibility index (Phi) is 7.65. The minimum atomic E-state index is -0.440. The lowest BCUT2D eigenvalue weighted by atomic mass is 10.1. The highest BCUT2D eigenvalue weighted by Crippen LogP contribution is 2.30. The van der Waals surface area contributed by atoms with Gasteiger partial charge in [-0.15, -0.1) is 0 Å². The number of benzene rings is 3. The Morgan fingerprint density at radius 1 is 1.03 bits per heavy atom. The van der Waals surface area contributed by atoms with Gasteiger partial charge >= 0.3 is 0 Å². The van der Waals surface area contributed by atoms with Crippen molar-refractivity contribution >= 4 is 22.9 Å².